The topological polar surface area (TPSA) is 85.6 Å². The first-order chi connectivity index (χ1) is 13.0. The van der Waals surface area contributed by atoms with Gasteiger partial charge in [-0.25, -0.2) is 4.98 Å². The molecule has 1 amide bonds. The van der Waals surface area contributed by atoms with E-state index in [-0.39, 0.29) is 17.3 Å². The maximum absolute atomic E-state index is 12.4. The number of hydrogen-bond acceptors (Lipinski definition) is 7. The number of nitrogens with zero attached hydrogens (tertiary/aromatic N) is 3. The lowest BCUT2D eigenvalue weighted by atomic mass is 10.2. The summed E-state index contributed by atoms with van der Waals surface area (Å²) in [5, 5.41) is 10.9. The fourth-order valence-electron chi connectivity index (χ4n) is 2.48. The van der Waals surface area contributed by atoms with Crippen molar-refractivity contribution in [1.29, 1.82) is 0 Å². The maximum atomic E-state index is 12.4. The van der Waals surface area contributed by atoms with E-state index < -0.39 is 4.92 Å². The molecule has 0 fully saturated rings. The maximum Gasteiger partial charge on any atom is 0.270 e. The molecule has 0 unspecified atom stereocenters. The Labute approximate surface area is 164 Å². The van der Waals surface area contributed by atoms with Gasteiger partial charge in [-0.3, -0.25) is 14.9 Å². The molecule has 3 aromatic rings. The van der Waals surface area contributed by atoms with Crippen LogP contribution in [-0.2, 0) is 11.3 Å². The van der Waals surface area contributed by atoms with Crippen molar-refractivity contribution in [3.63, 3.8) is 0 Å². The number of benzene rings is 2. The fourth-order valence-corrected chi connectivity index (χ4v) is 4.52. The van der Waals surface area contributed by atoms with Crippen LogP contribution in [0.4, 0.5) is 5.69 Å². The number of fused-ring (bicyclic) bond motifs is 1. The Kier molecular flexibility index (Phi) is 5.92. The molecule has 0 aliphatic carbocycles. The molecule has 0 aliphatic heterocycles. The van der Waals surface area contributed by atoms with Gasteiger partial charge >= 0.3 is 0 Å². The quantitative estimate of drug-likeness (QED) is 0.337. The molecule has 0 saturated heterocycles. The number of carbonyl (C=O) groups is 1. The van der Waals surface area contributed by atoms with E-state index in [1.807, 2.05) is 24.3 Å². The number of para-hydroxylation sites is 1. The summed E-state index contributed by atoms with van der Waals surface area (Å²) in [5.41, 5.74) is 1.67. The van der Waals surface area contributed by atoms with E-state index in [1.54, 1.807) is 25.1 Å². The van der Waals surface area contributed by atoms with Gasteiger partial charge in [0.1, 0.15) is 5.75 Å². The summed E-state index contributed by atoms with van der Waals surface area (Å²) < 4.78 is 6.77. The minimum Gasteiger partial charge on any atom is -0.496 e. The number of thiazole rings is 1. The molecular formula is C18H17N3O4S2. The lowest BCUT2D eigenvalue weighted by Gasteiger charge is -2.18. The van der Waals surface area contributed by atoms with E-state index in [0.29, 0.717) is 16.4 Å². The molecule has 1 heterocycles. The second kappa shape index (κ2) is 8.36. The van der Waals surface area contributed by atoms with Gasteiger partial charge < -0.3 is 9.64 Å². The Morgan fingerprint density at radius 3 is 2.85 bits per heavy atom. The first-order valence-electron chi connectivity index (χ1n) is 8.01. The number of methoxy groups -OCH3 is 1. The van der Waals surface area contributed by atoms with Crippen molar-refractivity contribution < 1.29 is 14.5 Å². The molecule has 0 aliphatic rings. The molecule has 0 atom stereocenters. The van der Waals surface area contributed by atoms with Crippen molar-refractivity contribution in [1.82, 2.24) is 9.88 Å². The second-order valence-corrected chi connectivity index (χ2v) is 7.99. The van der Waals surface area contributed by atoms with Crippen LogP contribution >= 0.6 is 23.1 Å². The number of amides is 1. The third-order valence-electron chi connectivity index (χ3n) is 3.91. The highest BCUT2D eigenvalue weighted by Crippen LogP contribution is 2.32. The summed E-state index contributed by atoms with van der Waals surface area (Å²) in [6.45, 7) is 0.454. The highest BCUT2D eigenvalue weighted by molar-refractivity contribution is 8.01. The Balaban J connectivity index is 1.63. The minimum atomic E-state index is -0.428. The largest absolute Gasteiger partial charge is 0.496 e. The van der Waals surface area contributed by atoms with Crippen LogP contribution in [0.15, 0.2) is 46.8 Å². The molecule has 3 rings (SSSR count). The van der Waals surface area contributed by atoms with Gasteiger partial charge in [0.15, 0.2) is 4.34 Å². The zero-order chi connectivity index (χ0) is 19.4. The SMILES string of the molecule is COc1ccccc1CN(C)C(=O)CSc1nc2ccc([N+](=O)[O-])cc2s1. The van der Waals surface area contributed by atoms with Crippen LogP contribution in [0.25, 0.3) is 10.2 Å². The average molecular weight is 403 g/mol. The van der Waals surface area contributed by atoms with Crippen molar-refractivity contribution in [2.75, 3.05) is 19.9 Å². The predicted molar refractivity (Wildman–Crippen MR) is 106 cm³/mol. The molecule has 7 nitrogen and oxygen atoms in total. The summed E-state index contributed by atoms with van der Waals surface area (Å²) in [6, 6.07) is 12.2. The molecule has 1 aromatic heterocycles. The second-order valence-electron chi connectivity index (χ2n) is 5.74. The van der Waals surface area contributed by atoms with Crippen molar-refractivity contribution in [3.8, 4) is 5.75 Å². The van der Waals surface area contributed by atoms with E-state index >= 15 is 0 Å². The van der Waals surface area contributed by atoms with Crippen LogP contribution in [0.1, 0.15) is 5.56 Å². The van der Waals surface area contributed by atoms with Crippen LogP contribution in [-0.4, -0.2) is 40.6 Å². The summed E-state index contributed by atoms with van der Waals surface area (Å²) in [4.78, 5) is 28.9. The van der Waals surface area contributed by atoms with E-state index in [9.17, 15) is 14.9 Å². The Morgan fingerprint density at radius 2 is 2.11 bits per heavy atom. The highest BCUT2D eigenvalue weighted by Gasteiger charge is 2.15. The van der Waals surface area contributed by atoms with Crippen LogP contribution in [0.2, 0.25) is 0 Å². The normalized spacial score (nSPS) is 10.7. The number of non-ortho nitro benzene ring substituents is 1. The van der Waals surface area contributed by atoms with Gasteiger partial charge in [-0.05, 0) is 12.1 Å². The molecule has 9 heteroatoms. The van der Waals surface area contributed by atoms with E-state index in [1.165, 1.54) is 35.2 Å². The Bertz CT molecular complexity index is 990. The zero-order valence-electron chi connectivity index (χ0n) is 14.7. The van der Waals surface area contributed by atoms with Crippen molar-refractivity contribution in [3.05, 3.63) is 58.1 Å². The van der Waals surface area contributed by atoms with E-state index in [2.05, 4.69) is 4.98 Å². The third-order valence-corrected chi connectivity index (χ3v) is 6.05. The Hall–Kier alpha value is -2.65. The van der Waals surface area contributed by atoms with Crippen molar-refractivity contribution in [2.45, 2.75) is 10.9 Å². The van der Waals surface area contributed by atoms with Gasteiger partial charge in [-0.1, -0.05) is 30.0 Å². The van der Waals surface area contributed by atoms with Crippen LogP contribution < -0.4 is 4.74 Å². The number of nitro benzene ring substituents is 1. The van der Waals surface area contributed by atoms with E-state index in [4.69, 9.17) is 4.74 Å². The predicted octanol–water partition coefficient (Wildman–Crippen LogP) is 3.96. The lowest BCUT2D eigenvalue weighted by Crippen LogP contribution is -2.27. The Morgan fingerprint density at radius 1 is 1.33 bits per heavy atom. The van der Waals surface area contributed by atoms with E-state index in [0.717, 1.165) is 16.0 Å². The number of thioether (sulfide) groups is 1. The minimum absolute atomic E-state index is 0.0313. The number of nitro groups is 1. The zero-order valence-corrected chi connectivity index (χ0v) is 16.4. The van der Waals surface area contributed by atoms with Gasteiger partial charge in [0, 0.05) is 31.3 Å². The van der Waals surface area contributed by atoms with Gasteiger partial charge in [-0.2, -0.15) is 0 Å². The molecule has 0 spiro atoms. The van der Waals surface area contributed by atoms with Crippen LogP contribution in [0.5, 0.6) is 5.75 Å². The number of hydrogen-bond donors (Lipinski definition) is 0. The van der Waals surface area contributed by atoms with Gasteiger partial charge in [-0.15, -0.1) is 11.3 Å². The smallest absolute Gasteiger partial charge is 0.270 e. The molecule has 0 radical (unpaired) electrons. The molecule has 0 bridgehead atoms. The standard InChI is InChI=1S/C18H17N3O4S2/c1-20(10-12-5-3-4-6-15(12)25-2)17(22)11-26-18-19-14-8-7-13(21(23)24)9-16(14)27-18/h3-9H,10-11H2,1-2H3. The van der Waals surface area contributed by atoms with Crippen molar-refractivity contribution >= 4 is 44.9 Å². The number of aromatic nitrogens is 1. The van der Waals surface area contributed by atoms with Crippen molar-refractivity contribution in [2.24, 2.45) is 0 Å². The van der Waals surface area contributed by atoms with Crippen LogP contribution in [0.3, 0.4) is 0 Å². The van der Waals surface area contributed by atoms with Gasteiger partial charge in [0.05, 0.1) is 28.0 Å². The van der Waals surface area contributed by atoms with Crippen LogP contribution in [0, 0.1) is 10.1 Å². The third kappa shape index (κ3) is 4.55. The average Bonchev–Trinajstić information content (AvgIpc) is 3.08. The molecule has 0 saturated carbocycles. The number of ether oxygens (including phenoxy) is 1. The highest BCUT2D eigenvalue weighted by atomic mass is 32.2. The molecule has 0 N–H and O–H groups in total. The van der Waals surface area contributed by atoms with Gasteiger partial charge in [0.2, 0.25) is 5.91 Å². The molecular weight excluding hydrogens is 386 g/mol. The number of carbonyl (C=O) groups excluding carboxylic acids is 1. The van der Waals surface area contributed by atoms with Gasteiger partial charge in [0.25, 0.3) is 5.69 Å². The number of rotatable bonds is 7. The molecule has 27 heavy (non-hydrogen) atoms. The molecule has 2 aromatic carbocycles. The first-order valence-corrected chi connectivity index (χ1v) is 9.82. The summed E-state index contributed by atoms with van der Waals surface area (Å²) in [6.07, 6.45) is 0. The summed E-state index contributed by atoms with van der Waals surface area (Å²) in [5.74, 6) is 0.960. The summed E-state index contributed by atoms with van der Waals surface area (Å²) in [7, 11) is 3.35. The molecule has 140 valence electrons. The first kappa shape index (κ1) is 19.1. The summed E-state index contributed by atoms with van der Waals surface area (Å²) >= 11 is 2.68. The lowest BCUT2D eigenvalue weighted by molar-refractivity contribution is -0.384. The fraction of sp³-hybridized carbons (Fsp3) is 0.222. The monoisotopic (exact) mass is 403 g/mol.